The van der Waals surface area contributed by atoms with E-state index in [-0.39, 0.29) is 18.9 Å². The van der Waals surface area contributed by atoms with Gasteiger partial charge >= 0.3 is 12.1 Å². The predicted octanol–water partition coefficient (Wildman–Crippen LogP) is 1.92. The Morgan fingerprint density at radius 1 is 1.40 bits per heavy atom. The van der Waals surface area contributed by atoms with Gasteiger partial charge in [0.25, 0.3) is 0 Å². The fraction of sp³-hybridized carbons (Fsp3) is 0.600. The van der Waals surface area contributed by atoms with Crippen LogP contribution < -0.4 is 11.1 Å². The molecule has 0 aliphatic carbocycles. The number of hydrogen-bond acceptors (Lipinski definition) is 9. The summed E-state index contributed by atoms with van der Waals surface area (Å²) in [5.74, 6) is -0.639. The average Bonchev–Trinajstić information content (AvgIpc) is 2.91. The monoisotopic (exact) mass is 372 g/mol. The van der Waals surface area contributed by atoms with Crippen LogP contribution in [-0.2, 0) is 19.1 Å². The normalized spacial score (nSPS) is 11.8. The molecular formula is C15H24N4O5S. The molecule has 0 saturated heterocycles. The van der Waals surface area contributed by atoms with E-state index < -0.39 is 17.7 Å². The molecule has 0 aromatic carbocycles. The molecule has 0 aliphatic heterocycles. The summed E-state index contributed by atoms with van der Waals surface area (Å²) in [4.78, 5) is 32.5. The molecule has 25 heavy (non-hydrogen) atoms. The molecule has 10 heteroatoms. The number of nitrogens with one attached hydrogen (secondary N) is 1. The molecule has 0 bridgehead atoms. The van der Waals surface area contributed by atoms with Crippen LogP contribution in [0.2, 0.25) is 0 Å². The smallest absolute Gasteiger partial charge is 0.407 e. The third kappa shape index (κ3) is 8.34. The molecule has 3 N–H and O–H groups in total. The van der Waals surface area contributed by atoms with Crippen LogP contribution in [0.15, 0.2) is 10.5 Å². The zero-order valence-corrected chi connectivity index (χ0v) is 15.6. The summed E-state index contributed by atoms with van der Waals surface area (Å²) in [5.41, 5.74) is 5.27. The molecule has 0 unspecified atom stereocenters. The summed E-state index contributed by atoms with van der Waals surface area (Å²) in [6.07, 6.45) is -0.0147. The quantitative estimate of drug-likeness (QED) is 0.309. The van der Waals surface area contributed by atoms with Gasteiger partial charge in [0.2, 0.25) is 5.71 Å². The average molecular weight is 372 g/mol. The number of thiazole rings is 1. The Bertz CT molecular complexity index is 609. The third-order valence-electron chi connectivity index (χ3n) is 2.47. The minimum Gasteiger partial charge on any atom is -0.461 e. The van der Waals surface area contributed by atoms with Gasteiger partial charge in [0, 0.05) is 18.3 Å². The number of oxime groups is 1. The Hall–Kier alpha value is -2.36. The van der Waals surface area contributed by atoms with Gasteiger partial charge in [-0.15, -0.1) is 11.3 Å². The molecule has 0 aliphatic rings. The minimum atomic E-state index is -0.639. The number of hydrogen-bond donors (Lipinski definition) is 2. The summed E-state index contributed by atoms with van der Waals surface area (Å²) in [7, 11) is 0. The maximum atomic E-state index is 11.9. The molecular weight excluding hydrogens is 348 g/mol. The standard InChI is InChI=1S/C15H24N4O5S/c1-5-22-12(20)11(10-9-25-13(16)18-10)19-23-8-6-7-17-14(21)24-15(2,3)4/h9H,5-8H2,1-4H3,(H2,16,18)(H,17,21)/b19-11-. The number of aromatic nitrogens is 1. The first-order valence-electron chi connectivity index (χ1n) is 7.78. The van der Waals surface area contributed by atoms with Crippen molar-refractivity contribution in [3.8, 4) is 0 Å². The van der Waals surface area contributed by atoms with Crippen LogP contribution in [-0.4, -0.2) is 48.1 Å². The largest absolute Gasteiger partial charge is 0.461 e. The highest BCUT2D eigenvalue weighted by molar-refractivity contribution is 7.13. The van der Waals surface area contributed by atoms with E-state index in [1.165, 1.54) is 11.3 Å². The van der Waals surface area contributed by atoms with Gasteiger partial charge in [-0.2, -0.15) is 0 Å². The second kappa shape index (κ2) is 9.82. The fourth-order valence-electron chi connectivity index (χ4n) is 1.54. The number of nitrogens with zero attached hydrogens (tertiary/aromatic N) is 2. The summed E-state index contributed by atoms with van der Waals surface area (Å²) in [6, 6.07) is 0. The summed E-state index contributed by atoms with van der Waals surface area (Å²) in [6.45, 7) is 7.79. The van der Waals surface area contributed by atoms with Crippen molar-refractivity contribution in [3.05, 3.63) is 11.1 Å². The number of amides is 1. The predicted molar refractivity (Wildman–Crippen MR) is 94.5 cm³/mol. The van der Waals surface area contributed by atoms with Crippen LogP contribution in [0.25, 0.3) is 0 Å². The van der Waals surface area contributed by atoms with E-state index in [1.807, 2.05) is 0 Å². The van der Waals surface area contributed by atoms with Gasteiger partial charge in [0.1, 0.15) is 17.9 Å². The topological polar surface area (TPSA) is 125 Å². The van der Waals surface area contributed by atoms with Crippen molar-refractivity contribution in [1.29, 1.82) is 0 Å². The van der Waals surface area contributed by atoms with Gasteiger partial charge in [0.15, 0.2) is 5.13 Å². The maximum absolute atomic E-state index is 11.9. The minimum absolute atomic E-state index is 0.0464. The van der Waals surface area contributed by atoms with E-state index in [4.69, 9.17) is 20.0 Å². The summed E-state index contributed by atoms with van der Waals surface area (Å²) >= 11 is 1.18. The van der Waals surface area contributed by atoms with Gasteiger partial charge in [0.05, 0.1) is 6.61 Å². The van der Waals surface area contributed by atoms with Crippen LogP contribution in [0.1, 0.15) is 39.8 Å². The summed E-state index contributed by atoms with van der Waals surface area (Å²) in [5, 5.41) is 8.29. The van der Waals surface area contributed by atoms with Crippen LogP contribution in [0.4, 0.5) is 9.93 Å². The van der Waals surface area contributed by atoms with Crippen LogP contribution in [0, 0.1) is 0 Å². The Morgan fingerprint density at radius 2 is 2.12 bits per heavy atom. The molecule has 0 radical (unpaired) electrons. The van der Waals surface area contributed by atoms with Gasteiger partial charge < -0.3 is 25.4 Å². The lowest BCUT2D eigenvalue weighted by Gasteiger charge is -2.19. The molecule has 1 aromatic rings. The lowest BCUT2D eigenvalue weighted by molar-refractivity contribution is -0.135. The van der Waals surface area contributed by atoms with Crippen molar-refractivity contribution in [2.75, 3.05) is 25.5 Å². The lowest BCUT2D eigenvalue weighted by atomic mass is 10.2. The van der Waals surface area contributed by atoms with E-state index in [0.717, 1.165) is 0 Å². The van der Waals surface area contributed by atoms with Crippen LogP contribution in [0.3, 0.4) is 0 Å². The van der Waals surface area contributed by atoms with Crippen molar-refractivity contribution in [2.45, 2.75) is 39.7 Å². The molecule has 0 spiro atoms. The van der Waals surface area contributed by atoms with Crippen molar-refractivity contribution < 1.29 is 23.9 Å². The summed E-state index contributed by atoms with van der Waals surface area (Å²) < 4.78 is 10.0. The number of alkyl carbamates (subject to hydrolysis) is 1. The van der Waals surface area contributed by atoms with Crippen LogP contribution in [0.5, 0.6) is 0 Å². The molecule has 0 saturated carbocycles. The van der Waals surface area contributed by atoms with E-state index in [2.05, 4.69) is 15.5 Å². The van der Waals surface area contributed by atoms with Crippen LogP contribution >= 0.6 is 11.3 Å². The first-order chi connectivity index (χ1) is 11.7. The van der Waals surface area contributed by atoms with Gasteiger partial charge in [-0.05, 0) is 27.7 Å². The van der Waals surface area contributed by atoms with Crippen molar-refractivity contribution in [3.63, 3.8) is 0 Å². The molecule has 9 nitrogen and oxygen atoms in total. The van der Waals surface area contributed by atoms with Gasteiger partial charge in [-0.25, -0.2) is 14.6 Å². The maximum Gasteiger partial charge on any atom is 0.407 e. The Morgan fingerprint density at radius 3 is 2.68 bits per heavy atom. The van der Waals surface area contributed by atoms with Crippen molar-refractivity contribution in [2.24, 2.45) is 5.16 Å². The number of anilines is 1. The number of nitrogens with two attached hydrogens (primary N) is 1. The van der Waals surface area contributed by atoms with E-state index in [1.54, 1.807) is 33.1 Å². The molecule has 140 valence electrons. The number of rotatable bonds is 8. The number of carbonyl (C=O) groups excluding carboxylic acids is 2. The molecule has 1 rings (SSSR count). The molecule has 1 heterocycles. The second-order valence-electron chi connectivity index (χ2n) is 5.85. The van der Waals surface area contributed by atoms with E-state index >= 15 is 0 Å². The third-order valence-corrected chi connectivity index (χ3v) is 3.14. The molecule has 0 fully saturated rings. The zero-order valence-electron chi connectivity index (χ0n) is 14.8. The number of carbonyl (C=O) groups is 2. The van der Waals surface area contributed by atoms with E-state index in [0.29, 0.717) is 23.8 Å². The number of ether oxygens (including phenoxy) is 2. The second-order valence-corrected chi connectivity index (χ2v) is 6.74. The Balaban J connectivity index is 2.45. The van der Waals surface area contributed by atoms with Gasteiger partial charge in [-0.1, -0.05) is 5.16 Å². The highest BCUT2D eigenvalue weighted by Crippen LogP contribution is 2.13. The highest BCUT2D eigenvalue weighted by Gasteiger charge is 2.19. The Kier molecular flexibility index (Phi) is 8.12. The van der Waals surface area contributed by atoms with Gasteiger partial charge in [-0.3, -0.25) is 0 Å². The molecule has 1 aromatic heterocycles. The zero-order chi connectivity index (χ0) is 18.9. The highest BCUT2D eigenvalue weighted by atomic mass is 32.1. The Labute approximate surface area is 150 Å². The molecule has 0 atom stereocenters. The fourth-order valence-corrected chi connectivity index (χ4v) is 2.08. The number of nitrogen functional groups attached to an aromatic ring is 1. The first-order valence-corrected chi connectivity index (χ1v) is 8.66. The number of esters is 1. The molecule has 1 amide bonds. The SMILES string of the molecule is CCOC(=O)/C(=N\OCCCNC(=O)OC(C)(C)C)c1csc(N)n1. The first kappa shape index (κ1) is 20.7. The lowest BCUT2D eigenvalue weighted by Crippen LogP contribution is -2.33. The van der Waals surface area contributed by atoms with E-state index in [9.17, 15) is 9.59 Å². The van der Waals surface area contributed by atoms with Crippen molar-refractivity contribution >= 4 is 34.2 Å². The van der Waals surface area contributed by atoms with Crippen molar-refractivity contribution in [1.82, 2.24) is 10.3 Å².